The standard InChI is InChI=1S/H2O3S.O.Y/c1-4(2)3;;/h(H2,1,2,3);;/q;-2;+3/p-1. The first-order valence-corrected chi connectivity index (χ1v) is 1.55. The van der Waals surface area contributed by atoms with E-state index in [1.54, 1.807) is 0 Å². The third kappa shape index (κ3) is 68.2. The molecule has 0 bridgehead atoms. The van der Waals surface area contributed by atoms with Crippen molar-refractivity contribution in [2.75, 3.05) is 0 Å². The zero-order chi connectivity index (χ0) is 3.58. The number of hydrogen-bond donors (Lipinski definition) is 1. The van der Waals surface area contributed by atoms with E-state index in [0.29, 0.717) is 0 Å². The Morgan fingerprint density at radius 1 is 1.67 bits per heavy atom. The second kappa shape index (κ2) is 9.46. The van der Waals surface area contributed by atoms with Gasteiger partial charge in [0.05, 0.1) is 11.4 Å². The van der Waals surface area contributed by atoms with Gasteiger partial charge in [-0.25, -0.2) is 4.21 Å². The normalized spacial score (nSPS) is 10.3. The summed E-state index contributed by atoms with van der Waals surface area (Å²) in [6, 6.07) is 0. The van der Waals surface area contributed by atoms with E-state index in [0.717, 1.165) is 0 Å². The topological polar surface area (TPSA) is 88.9 Å². The molecule has 0 amide bonds. The number of hydrogen-bond acceptors (Lipinski definition) is 2. The summed E-state index contributed by atoms with van der Waals surface area (Å²) in [4.78, 5) is 0. The van der Waals surface area contributed by atoms with Gasteiger partial charge in [0.15, 0.2) is 0 Å². The molecule has 6 heteroatoms. The Morgan fingerprint density at radius 2 is 1.67 bits per heavy atom. The van der Waals surface area contributed by atoms with Crippen LogP contribution in [-0.4, -0.2) is 13.3 Å². The average molecular weight is 186 g/mol. The van der Waals surface area contributed by atoms with Gasteiger partial charge in [-0.1, -0.05) is 0 Å². The van der Waals surface area contributed by atoms with Crippen LogP contribution in [0.15, 0.2) is 0 Å². The van der Waals surface area contributed by atoms with E-state index < -0.39 is 11.4 Å². The van der Waals surface area contributed by atoms with Gasteiger partial charge in [-0.2, -0.15) is 0 Å². The van der Waals surface area contributed by atoms with Crippen molar-refractivity contribution in [1.82, 2.24) is 0 Å². The van der Waals surface area contributed by atoms with Crippen LogP contribution in [0, 0.1) is 0 Å². The van der Waals surface area contributed by atoms with Crippen LogP contribution in [0.2, 0.25) is 0 Å². The fourth-order valence-corrected chi connectivity index (χ4v) is 0. The van der Waals surface area contributed by atoms with E-state index in [1.807, 2.05) is 0 Å². The van der Waals surface area contributed by atoms with Gasteiger partial charge in [0, 0.05) is 0 Å². The Hall–Kier alpha value is 1.13. The summed E-state index contributed by atoms with van der Waals surface area (Å²) in [5.41, 5.74) is 0. The molecule has 1 unspecified atom stereocenters. The SMILES string of the molecule is O=S([O-])O.[O-2].[Y+3]. The monoisotopic (exact) mass is 186 g/mol. The van der Waals surface area contributed by atoms with Gasteiger partial charge in [-0.05, 0) is 0 Å². The van der Waals surface area contributed by atoms with Gasteiger partial charge in [0.2, 0.25) is 0 Å². The Morgan fingerprint density at radius 3 is 1.67 bits per heavy atom. The molecule has 34 valence electrons. The van der Waals surface area contributed by atoms with E-state index in [2.05, 4.69) is 0 Å². The molecule has 6 heavy (non-hydrogen) atoms. The van der Waals surface area contributed by atoms with Crippen LogP contribution in [0.25, 0.3) is 0 Å². The van der Waals surface area contributed by atoms with Crippen LogP contribution in [0.5, 0.6) is 0 Å². The second-order valence-electron chi connectivity index (χ2n) is 0.217. The van der Waals surface area contributed by atoms with Crippen molar-refractivity contribution in [3.8, 4) is 0 Å². The first-order valence-electron chi connectivity index (χ1n) is 0.516. The molecule has 0 heterocycles. The van der Waals surface area contributed by atoms with Gasteiger partial charge >= 0.3 is 32.7 Å². The molecule has 1 atom stereocenters. The zero-order valence-corrected chi connectivity index (χ0v) is 6.31. The number of rotatable bonds is 0. The summed E-state index contributed by atoms with van der Waals surface area (Å²) in [7, 11) is 0. The molecule has 0 rings (SSSR count). The maximum Gasteiger partial charge on any atom is 3.00 e. The predicted octanol–water partition coefficient (Wildman–Crippen LogP) is -0.783. The molecule has 0 aromatic heterocycles. The Kier molecular flexibility index (Phi) is 24.8. The molecular weight excluding hydrogens is 185 g/mol. The summed E-state index contributed by atoms with van der Waals surface area (Å²) < 4.78 is 24.1. The summed E-state index contributed by atoms with van der Waals surface area (Å²) in [6.45, 7) is 0. The molecule has 1 N–H and O–H groups in total. The Bertz CT molecular complexity index is 30.5. The Balaban J connectivity index is -0.0000000450. The predicted molar refractivity (Wildman–Crippen MR) is 12.2 cm³/mol. The smallest absolute Gasteiger partial charge is 2.00 e. The minimum absolute atomic E-state index is 0. The van der Waals surface area contributed by atoms with Crippen LogP contribution >= 0.6 is 0 Å². The van der Waals surface area contributed by atoms with E-state index in [1.165, 1.54) is 0 Å². The van der Waals surface area contributed by atoms with E-state index in [9.17, 15) is 0 Å². The van der Waals surface area contributed by atoms with Crippen LogP contribution in [-0.2, 0) is 49.5 Å². The molecule has 4 nitrogen and oxygen atoms in total. The van der Waals surface area contributed by atoms with Crippen LogP contribution in [0.4, 0.5) is 0 Å². The average Bonchev–Trinajstić information content (AvgIpc) is 0.811. The first-order chi connectivity index (χ1) is 1.73. The van der Waals surface area contributed by atoms with E-state index in [-0.39, 0.29) is 38.2 Å². The third-order valence-electron chi connectivity index (χ3n) is 0. The molecule has 0 aliphatic carbocycles. The quantitative estimate of drug-likeness (QED) is 0.503. The van der Waals surface area contributed by atoms with Gasteiger partial charge in [0.25, 0.3) is 0 Å². The van der Waals surface area contributed by atoms with Gasteiger partial charge in [-0.3, -0.25) is 0 Å². The minimum atomic E-state index is -2.86. The maximum absolute atomic E-state index is 8.56. The molecule has 0 fully saturated rings. The molecule has 0 aliphatic rings. The molecule has 0 aliphatic heterocycles. The third-order valence-corrected chi connectivity index (χ3v) is 0. The first kappa shape index (κ1) is 15.7. The van der Waals surface area contributed by atoms with Crippen LogP contribution in [0.1, 0.15) is 0 Å². The second-order valence-corrected chi connectivity index (χ2v) is 0.651. The molecule has 0 spiro atoms. The van der Waals surface area contributed by atoms with Crippen molar-refractivity contribution in [3.05, 3.63) is 0 Å². The van der Waals surface area contributed by atoms with Crippen molar-refractivity contribution in [2.45, 2.75) is 0 Å². The molecule has 0 aromatic carbocycles. The van der Waals surface area contributed by atoms with Crippen molar-refractivity contribution >= 4 is 11.4 Å². The van der Waals surface area contributed by atoms with Crippen molar-refractivity contribution < 1.29 is 51.5 Å². The maximum atomic E-state index is 8.56. The molecule has 0 saturated heterocycles. The fraction of sp³-hybridized carbons (Fsp3) is 0. The van der Waals surface area contributed by atoms with Crippen molar-refractivity contribution in [1.29, 1.82) is 0 Å². The molecular formula is HO4SY. The molecule has 0 aromatic rings. The van der Waals surface area contributed by atoms with E-state index in [4.69, 9.17) is 13.3 Å². The van der Waals surface area contributed by atoms with E-state index >= 15 is 0 Å². The van der Waals surface area contributed by atoms with Gasteiger partial charge in [-0.15, -0.1) is 0 Å². The zero-order valence-electron chi connectivity index (χ0n) is 2.66. The van der Waals surface area contributed by atoms with Gasteiger partial charge < -0.3 is 14.6 Å². The summed E-state index contributed by atoms with van der Waals surface area (Å²) >= 11 is -2.86. The van der Waals surface area contributed by atoms with Gasteiger partial charge in [0.1, 0.15) is 0 Å². The molecule has 0 radical (unpaired) electrons. The fourth-order valence-electron chi connectivity index (χ4n) is 0. The minimum Gasteiger partial charge on any atom is -2.00 e. The summed E-state index contributed by atoms with van der Waals surface area (Å²) in [5.74, 6) is 0. The van der Waals surface area contributed by atoms with Crippen molar-refractivity contribution in [3.63, 3.8) is 0 Å². The van der Waals surface area contributed by atoms with Crippen molar-refractivity contribution in [2.24, 2.45) is 0 Å². The Labute approximate surface area is 62.6 Å². The van der Waals surface area contributed by atoms with Crippen LogP contribution < -0.4 is 0 Å². The summed E-state index contributed by atoms with van der Waals surface area (Å²) in [5, 5.41) is 0. The molecule has 0 saturated carbocycles. The van der Waals surface area contributed by atoms with Crippen LogP contribution in [0.3, 0.4) is 0 Å². The largest absolute Gasteiger partial charge is 3.00 e. The summed E-state index contributed by atoms with van der Waals surface area (Å²) in [6.07, 6.45) is 0.